The van der Waals surface area contributed by atoms with Crippen molar-refractivity contribution in [1.29, 1.82) is 0 Å². The van der Waals surface area contributed by atoms with Gasteiger partial charge in [0.15, 0.2) is 6.61 Å². The van der Waals surface area contributed by atoms with E-state index in [-0.39, 0.29) is 22.6 Å². The molecule has 0 aromatic heterocycles. The predicted octanol–water partition coefficient (Wildman–Crippen LogP) is 4.28. The van der Waals surface area contributed by atoms with Gasteiger partial charge in [0, 0.05) is 4.90 Å². The Balaban J connectivity index is 1.67. The van der Waals surface area contributed by atoms with Crippen LogP contribution in [0.15, 0.2) is 53.4 Å². The summed E-state index contributed by atoms with van der Waals surface area (Å²) in [5, 5.41) is 2.36. The number of nitrogens with one attached hydrogen (secondary N) is 1. The minimum atomic E-state index is -4.43. The molecule has 2 aromatic rings. The van der Waals surface area contributed by atoms with Gasteiger partial charge in [-0.2, -0.15) is 13.2 Å². The van der Waals surface area contributed by atoms with Gasteiger partial charge in [0.05, 0.1) is 10.9 Å². The third kappa shape index (κ3) is 4.03. The van der Waals surface area contributed by atoms with Crippen molar-refractivity contribution >= 4 is 23.4 Å². The lowest BCUT2D eigenvalue weighted by molar-refractivity contribution is -0.153. The van der Waals surface area contributed by atoms with E-state index in [2.05, 4.69) is 5.32 Å². The number of hydrogen-bond acceptors (Lipinski definition) is 3. The molecule has 3 rings (SSSR count). The van der Waals surface area contributed by atoms with Crippen molar-refractivity contribution in [3.05, 3.63) is 54.1 Å². The van der Waals surface area contributed by atoms with Gasteiger partial charge in [0.1, 0.15) is 5.75 Å². The summed E-state index contributed by atoms with van der Waals surface area (Å²) in [5.74, 6) is -0.247. The van der Waals surface area contributed by atoms with Gasteiger partial charge in [0.2, 0.25) is 5.91 Å². The molecule has 0 bridgehead atoms. The molecule has 1 amide bonds. The number of amides is 1. The molecule has 2 aromatic carbocycles. The number of para-hydroxylation sites is 2. The zero-order valence-corrected chi connectivity index (χ0v) is 13.3. The number of ether oxygens (including phenoxy) is 1. The van der Waals surface area contributed by atoms with Gasteiger partial charge in [-0.15, -0.1) is 11.8 Å². The maximum atomic E-state index is 12.4. The van der Waals surface area contributed by atoms with Gasteiger partial charge in [-0.05, 0) is 30.2 Å². The molecular formula is C17H14F3NO2S. The van der Waals surface area contributed by atoms with Crippen molar-refractivity contribution in [2.24, 2.45) is 0 Å². The molecule has 1 N–H and O–H groups in total. The molecule has 0 saturated heterocycles. The van der Waals surface area contributed by atoms with Crippen molar-refractivity contribution in [2.45, 2.75) is 22.7 Å². The predicted molar refractivity (Wildman–Crippen MR) is 86.4 cm³/mol. The van der Waals surface area contributed by atoms with Crippen molar-refractivity contribution in [3.8, 4) is 5.75 Å². The summed E-state index contributed by atoms with van der Waals surface area (Å²) in [4.78, 5) is 13.5. The van der Waals surface area contributed by atoms with Crippen LogP contribution in [0, 0.1) is 0 Å². The Morgan fingerprint density at radius 1 is 1.17 bits per heavy atom. The van der Waals surface area contributed by atoms with Gasteiger partial charge in [-0.1, -0.05) is 30.3 Å². The molecule has 0 spiro atoms. The van der Waals surface area contributed by atoms with E-state index in [0.717, 1.165) is 10.5 Å². The lowest BCUT2D eigenvalue weighted by atomic mass is 10.1. The van der Waals surface area contributed by atoms with Gasteiger partial charge in [-0.3, -0.25) is 4.79 Å². The maximum Gasteiger partial charge on any atom is 0.422 e. The molecule has 0 fully saturated rings. The minimum Gasteiger partial charge on any atom is -0.482 e. The molecule has 126 valence electrons. The number of benzene rings is 2. The van der Waals surface area contributed by atoms with E-state index < -0.39 is 12.8 Å². The van der Waals surface area contributed by atoms with Gasteiger partial charge in [-0.25, -0.2) is 0 Å². The quantitative estimate of drug-likeness (QED) is 0.891. The number of carbonyl (C=O) groups is 1. The number of carbonyl (C=O) groups excluding carboxylic acids is 1. The Morgan fingerprint density at radius 3 is 2.62 bits per heavy atom. The topological polar surface area (TPSA) is 38.3 Å². The third-order valence-electron chi connectivity index (χ3n) is 3.48. The summed E-state index contributed by atoms with van der Waals surface area (Å²) in [5.41, 5.74) is 1.34. The first kappa shape index (κ1) is 16.7. The molecular weight excluding hydrogens is 339 g/mol. The zero-order valence-electron chi connectivity index (χ0n) is 12.5. The van der Waals surface area contributed by atoms with Crippen LogP contribution in [0.4, 0.5) is 18.9 Å². The number of anilines is 1. The summed E-state index contributed by atoms with van der Waals surface area (Å²) >= 11 is 1.45. The van der Waals surface area contributed by atoms with E-state index in [1.54, 1.807) is 12.1 Å². The van der Waals surface area contributed by atoms with E-state index in [4.69, 9.17) is 4.74 Å². The summed E-state index contributed by atoms with van der Waals surface area (Å²) in [6.45, 7) is -1.40. The molecule has 1 atom stereocenters. The van der Waals surface area contributed by atoms with Gasteiger partial charge < -0.3 is 10.1 Å². The Hall–Kier alpha value is -2.15. The standard InChI is InChI=1S/C17H14F3NO2S/c18-17(19,20)10-23-13-7-3-2-6-12(13)21-16(22)15-9-11-5-1-4-8-14(11)24-15/h1-8,15H,9-10H2,(H,21,22). The number of rotatable bonds is 4. The highest BCUT2D eigenvalue weighted by atomic mass is 32.2. The number of hydrogen-bond donors (Lipinski definition) is 1. The van der Waals surface area contributed by atoms with Crippen LogP contribution in [0.3, 0.4) is 0 Å². The van der Waals surface area contributed by atoms with Crippen molar-refractivity contribution < 1.29 is 22.7 Å². The van der Waals surface area contributed by atoms with Gasteiger partial charge in [0.25, 0.3) is 0 Å². The minimum absolute atomic E-state index is 0.00341. The second-order valence-electron chi connectivity index (χ2n) is 5.31. The first-order valence-electron chi connectivity index (χ1n) is 7.26. The van der Waals surface area contributed by atoms with Crippen molar-refractivity contribution in [2.75, 3.05) is 11.9 Å². The fourth-order valence-corrected chi connectivity index (χ4v) is 3.59. The highest BCUT2D eigenvalue weighted by Crippen LogP contribution is 2.37. The first-order valence-corrected chi connectivity index (χ1v) is 8.14. The molecule has 24 heavy (non-hydrogen) atoms. The monoisotopic (exact) mass is 353 g/mol. The van der Waals surface area contributed by atoms with Crippen LogP contribution in [-0.2, 0) is 11.2 Å². The summed E-state index contributed by atoms with van der Waals surface area (Å²) < 4.78 is 41.7. The lowest BCUT2D eigenvalue weighted by Gasteiger charge is -2.15. The smallest absolute Gasteiger partial charge is 0.422 e. The SMILES string of the molecule is O=C(Nc1ccccc1OCC(F)(F)F)C1Cc2ccccc2S1. The van der Waals surface area contributed by atoms with Gasteiger partial charge >= 0.3 is 6.18 Å². The molecule has 0 aliphatic carbocycles. The second kappa shape index (κ2) is 6.76. The molecule has 1 heterocycles. The summed E-state index contributed by atoms with van der Waals surface area (Å²) in [7, 11) is 0. The zero-order chi connectivity index (χ0) is 17.2. The number of alkyl halides is 3. The van der Waals surface area contributed by atoms with Crippen LogP contribution < -0.4 is 10.1 Å². The third-order valence-corrected chi connectivity index (χ3v) is 4.79. The number of halogens is 3. The van der Waals surface area contributed by atoms with Crippen LogP contribution in [0.5, 0.6) is 5.75 Å². The van der Waals surface area contributed by atoms with E-state index in [1.807, 2.05) is 24.3 Å². The summed E-state index contributed by atoms with van der Waals surface area (Å²) in [6.07, 6.45) is -3.84. The largest absolute Gasteiger partial charge is 0.482 e. The maximum absolute atomic E-state index is 12.4. The molecule has 0 saturated carbocycles. The van der Waals surface area contributed by atoms with Crippen LogP contribution in [0.25, 0.3) is 0 Å². The highest BCUT2D eigenvalue weighted by Gasteiger charge is 2.30. The molecule has 1 aliphatic heterocycles. The average Bonchev–Trinajstić information content (AvgIpc) is 2.97. The van der Waals surface area contributed by atoms with Crippen LogP contribution in [0.1, 0.15) is 5.56 Å². The normalized spacial score (nSPS) is 16.5. The second-order valence-corrected chi connectivity index (χ2v) is 6.55. The molecule has 1 unspecified atom stereocenters. The highest BCUT2D eigenvalue weighted by molar-refractivity contribution is 8.01. The Kier molecular flexibility index (Phi) is 4.71. The van der Waals surface area contributed by atoms with Crippen LogP contribution in [-0.4, -0.2) is 23.9 Å². The first-order chi connectivity index (χ1) is 11.4. The fraction of sp³-hybridized carbons (Fsp3) is 0.235. The van der Waals surface area contributed by atoms with Crippen LogP contribution >= 0.6 is 11.8 Å². The Labute approximate surface area is 141 Å². The van der Waals surface area contributed by atoms with Crippen molar-refractivity contribution in [1.82, 2.24) is 0 Å². The van der Waals surface area contributed by atoms with E-state index >= 15 is 0 Å². The molecule has 3 nitrogen and oxygen atoms in total. The fourth-order valence-electron chi connectivity index (χ4n) is 2.40. The van der Waals surface area contributed by atoms with E-state index in [0.29, 0.717) is 6.42 Å². The number of fused-ring (bicyclic) bond motifs is 1. The molecule has 0 radical (unpaired) electrons. The van der Waals surface area contributed by atoms with Crippen LogP contribution in [0.2, 0.25) is 0 Å². The molecule has 7 heteroatoms. The van der Waals surface area contributed by atoms with Crippen molar-refractivity contribution in [3.63, 3.8) is 0 Å². The van der Waals surface area contributed by atoms with E-state index in [1.165, 1.54) is 23.9 Å². The number of thioether (sulfide) groups is 1. The van der Waals surface area contributed by atoms with E-state index in [9.17, 15) is 18.0 Å². The Morgan fingerprint density at radius 2 is 1.88 bits per heavy atom. The molecule has 1 aliphatic rings. The average molecular weight is 353 g/mol. The Bertz CT molecular complexity index is 724. The lowest BCUT2D eigenvalue weighted by Crippen LogP contribution is -2.25. The summed E-state index contributed by atoms with van der Waals surface area (Å²) in [6, 6.07) is 13.9.